The van der Waals surface area contributed by atoms with Crippen molar-refractivity contribution < 1.29 is 8.81 Å². The molecule has 6 nitrogen and oxygen atoms in total. The number of likely N-dealkylation sites (tertiary alicyclic amines) is 1. The van der Waals surface area contributed by atoms with E-state index in [2.05, 4.69) is 9.98 Å². The topological polar surface area (TPSA) is 69.9 Å². The van der Waals surface area contributed by atoms with Crippen molar-refractivity contribution in [3.8, 4) is 0 Å². The summed E-state index contributed by atoms with van der Waals surface area (Å²) in [4.78, 5) is 10.8. The smallest absolute Gasteiger partial charge is 0.306 e. The number of alkyl halides is 1. The highest BCUT2D eigenvalue weighted by atomic mass is 19.1. The van der Waals surface area contributed by atoms with Gasteiger partial charge in [-0.1, -0.05) is 19.1 Å². The van der Waals surface area contributed by atoms with Crippen LogP contribution in [-0.2, 0) is 0 Å². The maximum Gasteiger partial charge on any atom is 0.306 e. The van der Waals surface area contributed by atoms with Gasteiger partial charge in [-0.3, -0.25) is 9.81 Å². The molecule has 0 amide bonds. The van der Waals surface area contributed by atoms with Gasteiger partial charge < -0.3 is 9.32 Å². The van der Waals surface area contributed by atoms with Crippen LogP contribution in [0.2, 0.25) is 0 Å². The van der Waals surface area contributed by atoms with E-state index in [0.29, 0.717) is 11.8 Å². The van der Waals surface area contributed by atoms with Crippen LogP contribution in [0.5, 0.6) is 0 Å². The van der Waals surface area contributed by atoms with Gasteiger partial charge in [0.1, 0.15) is 18.1 Å². The fourth-order valence-electron chi connectivity index (χ4n) is 3.63. The third kappa shape index (κ3) is 3.44. The molecule has 0 saturated carbocycles. The van der Waals surface area contributed by atoms with Crippen LogP contribution in [0, 0.1) is 11.3 Å². The number of nitrogens with zero attached hydrogens (tertiary/aromatic N) is 4. The van der Waals surface area contributed by atoms with Gasteiger partial charge in [-0.25, -0.2) is 9.38 Å². The van der Waals surface area contributed by atoms with Crippen LogP contribution in [0.3, 0.4) is 0 Å². The predicted octanol–water partition coefficient (Wildman–Crippen LogP) is 4.36. The number of rotatable bonds is 3. The number of hydrogen-bond donors (Lipinski definition) is 1. The van der Waals surface area contributed by atoms with Gasteiger partial charge in [0.25, 0.3) is 0 Å². The highest BCUT2D eigenvalue weighted by molar-refractivity contribution is 5.94. The Morgan fingerprint density at radius 2 is 2.18 bits per heavy atom. The highest BCUT2D eigenvalue weighted by Crippen LogP contribution is 2.31. The van der Waals surface area contributed by atoms with Crippen molar-refractivity contribution in [1.29, 1.82) is 5.41 Å². The summed E-state index contributed by atoms with van der Waals surface area (Å²) in [7, 11) is 0. The molecule has 1 aliphatic carbocycles. The molecule has 1 aliphatic heterocycles. The average molecular weight is 381 g/mol. The van der Waals surface area contributed by atoms with Crippen molar-refractivity contribution in [2.75, 3.05) is 13.1 Å². The summed E-state index contributed by atoms with van der Waals surface area (Å²) in [6.07, 6.45) is 13.4. The molecule has 0 bridgehead atoms. The van der Waals surface area contributed by atoms with E-state index in [1.807, 2.05) is 41.5 Å². The van der Waals surface area contributed by atoms with E-state index in [-0.39, 0.29) is 5.92 Å². The minimum atomic E-state index is -0.974. The molecule has 1 saturated heterocycles. The molecule has 0 aromatic carbocycles. The zero-order valence-electron chi connectivity index (χ0n) is 16.1. The van der Waals surface area contributed by atoms with Gasteiger partial charge in [0, 0.05) is 31.4 Å². The number of aliphatic imine (C=N–C) groups is 1. The molecule has 2 aliphatic rings. The number of guanidine groups is 1. The standard InChI is InChI=1S/C21H24FN5O/c1-14(7-8-24-20(23)26-9-3-4-10-26)19-18(25-21-27(19)11-12-28-21)16-5-6-17(22)15(2)13-16/h5-8,11-13,15,17,23H,3-4,9-10H2,1-2H3/b14-7+,23-20?,24-8?. The van der Waals surface area contributed by atoms with Gasteiger partial charge in [-0.2, -0.15) is 4.98 Å². The maximum atomic E-state index is 13.8. The fraction of sp³-hybridized carbons (Fsp3) is 0.381. The highest BCUT2D eigenvalue weighted by Gasteiger charge is 2.22. The lowest BCUT2D eigenvalue weighted by molar-refractivity contribution is 0.335. The third-order valence-electron chi connectivity index (χ3n) is 5.24. The second kappa shape index (κ2) is 7.58. The van der Waals surface area contributed by atoms with Gasteiger partial charge in [-0.15, -0.1) is 0 Å². The third-order valence-corrected chi connectivity index (χ3v) is 5.24. The minimum absolute atomic E-state index is 0.201. The number of imidazole rings is 1. The van der Waals surface area contributed by atoms with E-state index in [0.717, 1.165) is 48.5 Å². The number of halogens is 1. The maximum absolute atomic E-state index is 13.8. The number of allylic oxidation sites excluding steroid dienone is 6. The molecule has 0 radical (unpaired) electrons. The first-order valence-electron chi connectivity index (χ1n) is 9.59. The molecule has 28 heavy (non-hydrogen) atoms. The Kier molecular flexibility index (Phi) is 4.98. The monoisotopic (exact) mass is 381 g/mol. The van der Waals surface area contributed by atoms with Crippen LogP contribution in [0.1, 0.15) is 38.1 Å². The van der Waals surface area contributed by atoms with Crippen molar-refractivity contribution in [2.45, 2.75) is 32.9 Å². The largest absolute Gasteiger partial charge is 0.432 e. The van der Waals surface area contributed by atoms with Crippen molar-refractivity contribution in [2.24, 2.45) is 10.9 Å². The number of fused-ring (bicyclic) bond motifs is 1. The fourth-order valence-corrected chi connectivity index (χ4v) is 3.63. The van der Waals surface area contributed by atoms with Crippen LogP contribution in [0.15, 0.2) is 46.2 Å². The van der Waals surface area contributed by atoms with Gasteiger partial charge >= 0.3 is 5.84 Å². The summed E-state index contributed by atoms with van der Waals surface area (Å²) in [5, 5.41) is 8.07. The van der Waals surface area contributed by atoms with Crippen molar-refractivity contribution in [3.05, 3.63) is 48.2 Å². The van der Waals surface area contributed by atoms with Gasteiger partial charge in [0.2, 0.25) is 5.96 Å². The zero-order chi connectivity index (χ0) is 19.7. The quantitative estimate of drug-likeness (QED) is 0.634. The minimum Gasteiger partial charge on any atom is -0.432 e. The second-order valence-electron chi connectivity index (χ2n) is 7.29. The second-order valence-corrected chi connectivity index (χ2v) is 7.29. The summed E-state index contributed by atoms with van der Waals surface area (Å²) >= 11 is 0. The molecule has 2 aromatic rings. The van der Waals surface area contributed by atoms with Gasteiger partial charge in [0.05, 0.1) is 5.69 Å². The summed E-state index contributed by atoms with van der Waals surface area (Å²) in [6.45, 7) is 5.62. The first-order valence-corrected chi connectivity index (χ1v) is 9.59. The molecule has 1 N–H and O–H groups in total. The van der Waals surface area contributed by atoms with Crippen LogP contribution >= 0.6 is 0 Å². The Bertz CT molecular complexity index is 1000. The first-order chi connectivity index (χ1) is 13.5. The van der Waals surface area contributed by atoms with Crippen LogP contribution in [0.25, 0.3) is 17.0 Å². The summed E-state index contributed by atoms with van der Waals surface area (Å²) < 4.78 is 21.2. The van der Waals surface area contributed by atoms with Crippen molar-refractivity contribution >= 4 is 29.2 Å². The van der Waals surface area contributed by atoms with Crippen molar-refractivity contribution in [3.63, 3.8) is 0 Å². The summed E-state index contributed by atoms with van der Waals surface area (Å²) in [5.74, 6) is 0.584. The van der Waals surface area contributed by atoms with E-state index in [1.54, 1.807) is 24.6 Å². The van der Waals surface area contributed by atoms with E-state index >= 15 is 0 Å². The number of aromatic nitrogens is 2. The van der Waals surface area contributed by atoms with E-state index in [1.165, 1.54) is 0 Å². The van der Waals surface area contributed by atoms with Crippen LogP contribution in [-0.4, -0.2) is 45.7 Å². The Morgan fingerprint density at radius 1 is 1.39 bits per heavy atom. The predicted molar refractivity (Wildman–Crippen MR) is 109 cm³/mol. The Balaban J connectivity index is 1.65. The molecule has 4 rings (SSSR count). The molecule has 2 aromatic heterocycles. The molecule has 2 atom stereocenters. The van der Waals surface area contributed by atoms with Crippen molar-refractivity contribution in [1.82, 2.24) is 14.3 Å². The molecular weight excluding hydrogens is 357 g/mol. The normalized spacial score (nSPS) is 23.2. The lowest BCUT2D eigenvalue weighted by Crippen LogP contribution is -2.25. The molecule has 3 heterocycles. The molecule has 1 fully saturated rings. The molecule has 0 spiro atoms. The summed E-state index contributed by atoms with van der Waals surface area (Å²) in [5.41, 5.74) is 3.45. The average Bonchev–Trinajstić information content (AvgIpc) is 3.40. The van der Waals surface area contributed by atoms with E-state index in [4.69, 9.17) is 9.83 Å². The lowest BCUT2D eigenvalue weighted by Gasteiger charge is -2.16. The zero-order valence-corrected chi connectivity index (χ0v) is 16.1. The number of hydrogen-bond acceptors (Lipinski definition) is 3. The SMILES string of the molecule is C/C(=C\C=NC(=N)N1CCCC1)c1c(C2=CC(C)C(F)C=C2)nc2occn12. The number of oxazole rings is 1. The van der Waals surface area contributed by atoms with E-state index in [9.17, 15) is 4.39 Å². The van der Waals surface area contributed by atoms with Crippen LogP contribution < -0.4 is 0 Å². The Hall–Kier alpha value is -2.96. The lowest BCUT2D eigenvalue weighted by atomic mass is 9.93. The summed E-state index contributed by atoms with van der Waals surface area (Å²) in [6, 6.07) is 0. The Labute approximate surface area is 163 Å². The van der Waals surface area contributed by atoms with Gasteiger partial charge in [0.15, 0.2) is 0 Å². The molecule has 2 unspecified atom stereocenters. The van der Waals surface area contributed by atoms with Crippen LogP contribution in [0.4, 0.5) is 4.39 Å². The Morgan fingerprint density at radius 3 is 2.93 bits per heavy atom. The van der Waals surface area contributed by atoms with E-state index < -0.39 is 6.17 Å². The molecule has 7 heteroatoms. The van der Waals surface area contributed by atoms with Gasteiger partial charge in [-0.05, 0) is 43.1 Å². The molecular formula is C21H24FN5O. The molecule has 146 valence electrons. The number of nitrogens with one attached hydrogen (secondary N) is 1. The first kappa shape index (κ1) is 18.4.